The first-order valence-electron chi connectivity index (χ1n) is 7.76. The summed E-state index contributed by atoms with van der Waals surface area (Å²) in [6.07, 6.45) is -0.657. The number of hydrogen-bond acceptors (Lipinski definition) is 9. The first-order chi connectivity index (χ1) is 12.4. The highest BCUT2D eigenvalue weighted by Crippen LogP contribution is 2.18. The van der Waals surface area contributed by atoms with Crippen LogP contribution in [0.3, 0.4) is 0 Å². The Bertz CT molecular complexity index is 785. The van der Waals surface area contributed by atoms with E-state index in [9.17, 15) is 22.8 Å². The van der Waals surface area contributed by atoms with Gasteiger partial charge in [0.05, 0.1) is 0 Å². The molecule has 0 aromatic carbocycles. The predicted molar refractivity (Wildman–Crippen MR) is 96.4 cm³/mol. The number of carbonyl (C=O) groups excluding carboxylic acids is 3. The number of alkyl carbamates (subject to hydrolysis) is 1. The molecule has 1 aromatic rings. The van der Waals surface area contributed by atoms with Crippen LogP contribution in [0.25, 0.3) is 0 Å². The number of ether oxygens (including phenoxy) is 1. The number of aromatic nitrogens is 2. The molecular weight excluding hydrogens is 400 g/mol. The molecule has 0 saturated carbocycles. The summed E-state index contributed by atoms with van der Waals surface area (Å²) in [6.45, 7) is 5.32. The van der Waals surface area contributed by atoms with Crippen molar-refractivity contribution in [1.29, 1.82) is 0 Å². The van der Waals surface area contributed by atoms with Gasteiger partial charge in [0, 0.05) is 25.9 Å². The molecule has 0 fully saturated rings. The molecule has 27 heavy (non-hydrogen) atoms. The lowest BCUT2D eigenvalue weighted by Crippen LogP contribution is -2.35. The standard InChI is InChI=1S/C13H22N6O6S2/c1-13(2,3)25-11(22)16-7-4-8(20)15-6-5-9(21)17-10-18-19-12(26-10)27(14,23)24/h4-7H2,1-3H3,(H,15,20)(H,16,22)(H2,14,23,24)(H,17,18,21). The summed E-state index contributed by atoms with van der Waals surface area (Å²) in [5.74, 6) is -0.842. The number of hydrogen-bond donors (Lipinski definition) is 4. The van der Waals surface area contributed by atoms with E-state index in [1.165, 1.54) is 0 Å². The normalized spacial score (nSPS) is 11.6. The quantitative estimate of drug-likeness (QED) is 0.406. The molecule has 1 rings (SSSR count). The first kappa shape index (κ1) is 22.7. The lowest BCUT2D eigenvalue weighted by molar-refractivity contribution is -0.121. The maximum Gasteiger partial charge on any atom is 0.407 e. The van der Waals surface area contributed by atoms with E-state index in [2.05, 4.69) is 26.1 Å². The molecule has 14 heteroatoms. The van der Waals surface area contributed by atoms with E-state index in [1.807, 2.05) is 0 Å². The summed E-state index contributed by atoms with van der Waals surface area (Å²) in [5, 5.41) is 19.0. The molecule has 1 heterocycles. The number of rotatable bonds is 8. The third kappa shape index (κ3) is 9.81. The number of anilines is 1. The minimum Gasteiger partial charge on any atom is -0.444 e. The SMILES string of the molecule is CC(C)(C)OC(=O)NCCC(=O)NCCC(=O)Nc1nnc(S(N)(=O)=O)s1. The molecule has 0 aliphatic carbocycles. The number of nitrogens with one attached hydrogen (secondary N) is 3. The first-order valence-corrected chi connectivity index (χ1v) is 10.1. The highest BCUT2D eigenvalue weighted by atomic mass is 32.2. The van der Waals surface area contributed by atoms with Crippen LogP contribution in [0.2, 0.25) is 0 Å². The van der Waals surface area contributed by atoms with Crippen LogP contribution in [0.4, 0.5) is 9.93 Å². The fraction of sp³-hybridized carbons (Fsp3) is 0.615. The van der Waals surface area contributed by atoms with Crippen LogP contribution < -0.4 is 21.1 Å². The van der Waals surface area contributed by atoms with Gasteiger partial charge >= 0.3 is 6.09 Å². The second-order valence-electron chi connectivity index (χ2n) is 6.24. The van der Waals surface area contributed by atoms with Crippen LogP contribution in [0, 0.1) is 0 Å². The van der Waals surface area contributed by atoms with Crippen LogP contribution in [0.1, 0.15) is 33.6 Å². The Morgan fingerprint density at radius 3 is 2.22 bits per heavy atom. The molecule has 12 nitrogen and oxygen atoms in total. The van der Waals surface area contributed by atoms with E-state index in [4.69, 9.17) is 9.88 Å². The van der Waals surface area contributed by atoms with E-state index < -0.39 is 32.0 Å². The van der Waals surface area contributed by atoms with Gasteiger partial charge < -0.3 is 20.7 Å². The number of sulfonamides is 1. The van der Waals surface area contributed by atoms with Gasteiger partial charge in [-0.2, -0.15) is 0 Å². The third-order valence-electron chi connectivity index (χ3n) is 2.59. The minimum absolute atomic E-state index is 0.0167. The molecule has 1 aromatic heterocycles. The monoisotopic (exact) mass is 422 g/mol. The van der Waals surface area contributed by atoms with Crippen LogP contribution in [0.15, 0.2) is 4.34 Å². The molecule has 0 spiro atoms. The van der Waals surface area contributed by atoms with Crippen molar-refractivity contribution >= 4 is 44.4 Å². The number of carbonyl (C=O) groups is 3. The lowest BCUT2D eigenvalue weighted by Gasteiger charge is -2.19. The topological polar surface area (TPSA) is 182 Å². The second kappa shape index (κ2) is 9.57. The molecule has 5 N–H and O–H groups in total. The summed E-state index contributed by atoms with van der Waals surface area (Å²) >= 11 is 0.619. The van der Waals surface area contributed by atoms with Gasteiger partial charge in [-0.15, -0.1) is 10.2 Å². The van der Waals surface area contributed by atoms with Crippen LogP contribution in [-0.4, -0.2) is 55.2 Å². The van der Waals surface area contributed by atoms with Crippen molar-refractivity contribution in [1.82, 2.24) is 20.8 Å². The summed E-state index contributed by atoms with van der Waals surface area (Å²) in [4.78, 5) is 34.7. The predicted octanol–water partition coefficient (Wildman–Crippen LogP) is -0.455. The highest BCUT2D eigenvalue weighted by Gasteiger charge is 2.17. The van der Waals surface area contributed by atoms with Gasteiger partial charge in [-0.05, 0) is 20.8 Å². The summed E-state index contributed by atoms with van der Waals surface area (Å²) in [7, 11) is -3.97. The Hall–Kier alpha value is -2.32. The zero-order valence-corrected chi connectivity index (χ0v) is 16.7. The van der Waals surface area contributed by atoms with Crippen molar-refractivity contribution < 1.29 is 27.5 Å². The average Bonchev–Trinajstić information content (AvgIpc) is 2.93. The Morgan fingerprint density at radius 2 is 1.67 bits per heavy atom. The van der Waals surface area contributed by atoms with Gasteiger partial charge in [0.1, 0.15) is 5.60 Å². The largest absolute Gasteiger partial charge is 0.444 e. The zero-order valence-electron chi connectivity index (χ0n) is 15.1. The molecule has 0 saturated heterocycles. The van der Waals surface area contributed by atoms with Gasteiger partial charge in [-0.25, -0.2) is 18.4 Å². The molecule has 0 aliphatic rings. The Labute approximate surface area is 160 Å². The zero-order chi connectivity index (χ0) is 20.7. The smallest absolute Gasteiger partial charge is 0.407 e. The molecule has 0 unspecified atom stereocenters. The molecule has 152 valence electrons. The van der Waals surface area contributed by atoms with Crippen molar-refractivity contribution in [3.8, 4) is 0 Å². The van der Waals surface area contributed by atoms with Crippen molar-refractivity contribution in [2.75, 3.05) is 18.4 Å². The third-order valence-corrected chi connectivity index (χ3v) is 4.74. The van der Waals surface area contributed by atoms with Crippen LogP contribution in [-0.2, 0) is 24.3 Å². The molecule has 3 amide bonds. The number of amides is 3. The molecule has 0 bridgehead atoms. The lowest BCUT2D eigenvalue weighted by atomic mass is 10.2. The van der Waals surface area contributed by atoms with Crippen molar-refractivity contribution in [2.24, 2.45) is 5.14 Å². The van der Waals surface area contributed by atoms with Crippen molar-refractivity contribution in [3.05, 3.63) is 0 Å². The maximum atomic E-state index is 11.7. The van der Waals surface area contributed by atoms with Gasteiger partial charge in [0.2, 0.25) is 21.3 Å². The number of nitrogens with zero attached hydrogens (tertiary/aromatic N) is 2. The van der Waals surface area contributed by atoms with Crippen LogP contribution in [0.5, 0.6) is 0 Å². The molecule has 0 aliphatic heterocycles. The molecule has 0 radical (unpaired) electrons. The van der Waals surface area contributed by atoms with E-state index in [0.29, 0.717) is 11.3 Å². The Kier molecular flexibility index (Phi) is 8.05. The van der Waals surface area contributed by atoms with E-state index in [0.717, 1.165) is 0 Å². The minimum atomic E-state index is -3.97. The second-order valence-corrected chi connectivity index (χ2v) is 8.96. The Balaban J connectivity index is 2.23. The molecular formula is C13H22N6O6S2. The summed E-state index contributed by atoms with van der Waals surface area (Å²) in [5.41, 5.74) is -0.623. The Morgan fingerprint density at radius 1 is 1.07 bits per heavy atom. The summed E-state index contributed by atoms with van der Waals surface area (Å²) < 4.78 is 26.7. The summed E-state index contributed by atoms with van der Waals surface area (Å²) in [6, 6.07) is 0. The van der Waals surface area contributed by atoms with Gasteiger partial charge in [0.15, 0.2) is 0 Å². The number of primary sulfonamides is 1. The van der Waals surface area contributed by atoms with Gasteiger partial charge in [-0.3, -0.25) is 9.59 Å². The van der Waals surface area contributed by atoms with Crippen LogP contribution >= 0.6 is 11.3 Å². The highest BCUT2D eigenvalue weighted by molar-refractivity contribution is 7.91. The molecule has 0 atom stereocenters. The van der Waals surface area contributed by atoms with Gasteiger partial charge in [-0.1, -0.05) is 11.3 Å². The van der Waals surface area contributed by atoms with Crippen molar-refractivity contribution in [2.45, 2.75) is 43.6 Å². The maximum absolute atomic E-state index is 11.7. The fourth-order valence-electron chi connectivity index (χ4n) is 1.55. The van der Waals surface area contributed by atoms with Gasteiger partial charge in [0.25, 0.3) is 10.0 Å². The van der Waals surface area contributed by atoms with E-state index in [-0.39, 0.29) is 37.0 Å². The van der Waals surface area contributed by atoms with E-state index in [1.54, 1.807) is 20.8 Å². The fourth-order valence-corrected chi connectivity index (χ4v) is 2.90. The number of nitrogens with two attached hydrogens (primary N) is 1. The van der Waals surface area contributed by atoms with Crippen molar-refractivity contribution in [3.63, 3.8) is 0 Å². The van der Waals surface area contributed by atoms with E-state index >= 15 is 0 Å². The average molecular weight is 422 g/mol.